The van der Waals surface area contributed by atoms with Gasteiger partial charge in [-0.3, -0.25) is 24.5 Å². The number of aromatic nitrogens is 2. The van der Waals surface area contributed by atoms with Gasteiger partial charge in [0, 0.05) is 96.7 Å². The standard InChI is InChI=1S/C39H52N8O3/c1-43-24-30(22-41-43)32-20-33(40)36(50-2)21-35(32)46-17-11-39(12-18-46)9-15-44(16-10-39)23-27-7-13-45(14-8-27)31-4-3-28-25-47(26-29(28)19-31)34-5-6-37(48)42-38(34)49/h3-4,19-22,24,27,34H,5-18,23,25-26,40H2,1-2H3,(H,42,48,49)/i25D,26D. The van der Waals surface area contributed by atoms with Crippen LogP contribution in [-0.4, -0.2) is 90.4 Å². The Morgan fingerprint density at radius 1 is 0.960 bits per heavy atom. The number of benzene rings is 2. The van der Waals surface area contributed by atoms with Gasteiger partial charge in [0.1, 0.15) is 5.75 Å². The van der Waals surface area contributed by atoms with Crippen molar-refractivity contribution >= 4 is 28.9 Å². The van der Waals surface area contributed by atoms with Gasteiger partial charge in [-0.25, -0.2) is 0 Å². The average molecular weight is 683 g/mol. The zero-order valence-electron chi connectivity index (χ0n) is 31.4. The van der Waals surface area contributed by atoms with Crippen molar-refractivity contribution in [2.45, 2.75) is 70.5 Å². The van der Waals surface area contributed by atoms with Gasteiger partial charge in [0.2, 0.25) is 11.8 Å². The molecule has 5 aliphatic rings. The van der Waals surface area contributed by atoms with E-state index in [2.05, 4.69) is 43.3 Å². The number of likely N-dealkylation sites (tertiary alicyclic amines) is 1. The van der Waals surface area contributed by atoms with Crippen molar-refractivity contribution in [1.82, 2.24) is 24.9 Å². The molecule has 6 heterocycles. The molecule has 4 fully saturated rings. The van der Waals surface area contributed by atoms with E-state index in [-0.39, 0.29) is 18.2 Å². The number of nitrogens with zero attached hydrogens (tertiary/aromatic N) is 6. The van der Waals surface area contributed by atoms with E-state index in [1.165, 1.54) is 44.5 Å². The third-order valence-corrected chi connectivity index (χ3v) is 12.2. The van der Waals surface area contributed by atoms with Gasteiger partial charge in [0.05, 0.1) is 25.0 Å². The third kappa shape index (κ3) is 6.57. The molecule has 4 saturated heterocycles. The normalized spacial score (nSPS) is 26.9. The number of nitrogens with two attached hydrogens (primary N) is 1. The van der Waals surface area contributed by atoms with Gasteiger partial charge in [-0.05, 0) is 98.7 Å². The molecule has 0 radical (unpaired) electrons. The van der Waals surface area contributed by atoms with E-state index >= 15 is 0 Å². The van der Waals surface area contributed by atoms with Crippen molar-refractivity contribution in [3.05, 3.63) is 53.9 Å². The van der Waals surface area contributed by atoms with Gasteiger partial charge in [-0.2, -0.15) is 5.10 Å². The summed E-state index contributed by atoms with van der Waals surface area (Å²) in [6, 6.07) is 9.63. The van der Waals surface area contributed by atoms with Crippen LogP contribution in [0.1, 0.15) is 65.2 Å². The molecule has 11 nitrogen and oxygen atoms in total. The first-order chi connectivity index (χ1) is 25.1. The highest BCUT2D eigenvalue weighted by Crippen LogP contribution is 2.45. The van der Waals surface area contributed by atoms with Crippen molar-refractivity contribution in [1.29, 1.82) is 0 Å². The fourth-order valence-corrected chi connectivity index (χ4v) is 8.98. The van der Waals surface area contributed by atoms with E-state index in [1.54, 1.807) is 12.0 Å². The second-order valence-electron chi connectivity index (χ2n) is 15.2. The predicted octanol–water partition coefficient (Wildman–Crippen LogP) is 4.40. The van der Waals surface area contributed by atoms with Gasteiger partial charge < -0.3 is 25.2 Å². The molecule has 1 spiro atoms. The van der Waals surface area contributed by atoms with Crippen LogP contribution in [0.5, 0.6) is 5.75 Å². The maximum atomic E-state index is 12.6. The molecule has 3 aromatic rings. The van der Waals surface area contributed by atoms with Gasteiger partial charge in [0.25, 0.3) is 0 Å². The van der Waals surface area contributed by atoms with E-state index in [1.807, 2.05) is 36.3 Å². The zero-order chi connectivity index (χ0) is 36.1. The van der Waals surface area contributed by atoms with E-state index in [4.69, 9.17) is 13.2 Å². The highest BCUT2D eigenvalue weighted by Gasteiger charge is 2.39. The lowest BCUT2D eigenvalue weighted by atomic mass is 9.71. The predicted molar refractivity (Wildman–Crippen MR) is 196 cm³/mol. The number of methoxy groups -OCH3 is 1. The number of anilines is 3. The SMILES string of the molecule is [2H]C1c2ccc(N3CCC(CN4CCC5(CC4)CCN(c4cc(OC)c(N)cc4-c4cnn(C)c4)CC5)CC3)cc2C([2H])N1C1CCC(=O)NC1=O. The monoisotopic (exact) mass is 682 g/mol. The van der Waals surface area contributed by atoms with Crippen molar-refractivity contribution in [3.8, 4) is 16.9 Å². The summed E-state index contributed by atoms with van der Waals surface area (Å²) in [6.07, 6.45) is 11.8. The number of hydrogen-bond acceptors (Lipinski definition) is 9. The molecule has 3 N–H and O–H groups in total. The summed E-state index contributed by atoms with van der Waals surface area (Å²) >= 11 is 0. The van der Waals surface area contributed by atoms with Crippen LogP contribution in [0.2, 0.25) is 0 Å². The van der Waals surface area contributed by atoms with Crippen LogP contribution in [0.3, 0.4) is 0 Å². The number of amides is 2. The van der Waals surface area contributed by atoms with Crippen molar-refractivity contribution < 1.29 is 17.1 Å². The zero-order valence-corrected chi connectivity index (χ0v) is 29.4. The minimum atomic E-state index is -0.792. The number of rotatable bonds is 7. The number of piperidine rings is 4. The number of carbonyl (C=O) groups excluding carboxylic acids is 2. The lowest BCUT2D eigenvalue weighted by Crippen LogP contribution is -2.50. The van der Waals surface area contributed by atoms with Crippen LogP contribution in [-0.2, 0) is 29.7 Å². The molecule has 2 amide bonds. The van der Waals surface area contributed by atoms with Crippen molar-refractivity contribution in [2.75, 3.05) is 68.5 Å². The fourth-order valence-electron chi connectivity index (χ4n) is 8.98. The molecule has 2 aromatic carbocycles. The van der Waals surface area contributed by atoms with E-state index < -0.39 is 19.1 Å². The van der Waals surface area contributed by atoms with E-state index in [9.17, 15) is 9.59 Å². The summed E-state index contributed by atoms with van der Waals surface area (Å²) in [6.45, 7) is 5.95. The molecular weight excluding hydrogens is 628 g/mol. The second-order valence-corrected chi connectivity index (χ2v) is 15.2. The Morgan fingerprint density at radius 3 is 2.40 bits per heavy atom. The number of aryl methyl sites for hydroxylation is 1. The number of fused-ring (bicyclic) bond motifs is 1. The summed E-state index contributed by atoms with van der Waals surface area (Å²) in [7, 11) is 3.62. The van der Waals surface area contributed by atoms with Crippen molar-refractivity contribution in [3.63, 3.8) is 0 Å². The molecule has 1 aromatic heterocycles. The molecule has 0 aliphatic carbocycles. The number of ether oxygens (including phenoxy) is 1. The summed E-state index contributed by atoms with van der Waals surface area (Å²) in [5, 5.41) is 6.81. The van der Waals surface area contributed by atoms with Crippen LogP contribution in [0.15, 0.2) is 42.7 Å². The molecule has 0 saturated carbocycles. The molecule has 50 heavy (non-hydrogen) atoms. The highest BCUT2D eigenvalue weighted by atomic mass is 16.5. The first-order valence-electron chi connectivity index (χ1n) is 19.5. The summed E-state index contributed by atoms with van der Waals surface area (Å²) in [5.41, 5.74) is 13.5. The maximum Gasteiger partial charge on any atom is 0.243 e. The van der Waals surface area contributed by atoms with Gasteiger partial charge >= 0.3 is 0 Å². The Kier molecular flexibility index (Phi) is 8.33. The minimum absolute atomic E-state index is 0.246. The quantitative estimate of drug-likeness (QED) is 0.277. The Bertz CT molecular complexity index is 1810. The topological polar surface area (TPSA) is 112 Å². The fraction of sp³-hybridized carbons (Fsp3) is 0.564. The van der Waals surface area contributed by atoms with E-state index in [0.717, 1.165) is 79.3 Å². The van der Waals surface area contributed by atoms with Crippen LogP contribution in [0.25, 0.3) is 11.1 Å². The van der Waals surface area contributed by atoms with Gasteiger partial charge in [-0.15, -0.1) is 0 Å². The number of imide groups is 1. The first kappa shape index (κ1) is 30.7. The lowest BCUT2D eigenvalue weighted by Gasteiger charge is -2.48. The maximum absolute atomic E-state index is 12.6. The van der Waals surface area contributed by atoms with Crippen LogP contribution in [0, 0.1) is 11.3 Å². The molecule has 3 unspecified atom stereocenters. The summed E-state index contributed by atoms with van der Waals surface area (Å²) < 4.78 is 25.2. The molecule has 8 rings (SSSR count). The van der Waals surface area contributed by atoms with Crippen LogP contribution < -0.4 is 25.6 Å². The van der Waals surface area contributed by atoms with E-state index in [0.29, 0.717) is 23.4 Å². The first-order valence-corrected chi connectivity index (χ1v) is 18.4. The van der Waals surface area contributed by atoms with Crippen molar-refractivity contribution in [2.24, 2.45) is 18.4 Å². The molecule has 0 bridgehead atoms. The van der Waals surface area contributed by atoms with Gasteiger partial charge in [0.15, 0.2) is 0 Å². The molecule has 266 valence electrons. The average Bonchev–Trinajstić information content (AvgIpc) is 3.69. The van der Waals surface area contributed by atoms with Crippen LogP contribution >= 0.6 is 0 Å². The Balaban J connectivity index is 0.828. The number of nitrogens with one attached hydrogen (secondary N) is 1. The largest absolute Gasteiger partial charge is 0.495 e. The Hall–Kier alpha value is -4.09. The number of nitrogen functional groups attached to an aromatic ring is 1. The smallest absolute Gasteiger partial charge is 0.243 e. The Labute approximate surface area is 298 Å². The Morgan fingerprint density at radius 2 is 1.70 bits per heavy atom. The molecule has 11 heteroatoms. The van der Waals surface area contributed by atoms with Gasteiger partial charge in [-0.1, -0.05) is 6.07 Å². The highest BCUT2D eigenvalue weighted by molar-refractivity contribution is 6.00. The molecule has 3 atom stereocenters. The lowest BCUT2D eigenvalue weighted by molar-refractivity contribution is -0.137. The number of hydrogen-bond donors (Lipinski definition) is 2. The number of carbonyl (C=O) groups is 2. The minimum Gasteiger partial charge on any atom is -0.495 e. The molecule has 5 aliphatic heterocycles. The third-order valence-electron chi connectivity index (χ3n) is 12.2. The summed E-state index contributed by atoms with van der Waals surface area (Å²) in [4.78, 5) is 33.6. The van der Waals surface area contributed by atoms with Crippen LogP contribution in [0.4, 0.5) is 17.1 Å². The molecular formula is C39H52N8O3. The summed E-state index contributed by atoms with van der Waals surface area (Å²) in [5.74, 6) is 0.733. The second kappa shape index (κ2) is 13.6.